The summed E-state index contributed by atoms with van der Waals surface area (Å²) in [6.45, 7) is 0. The standard InChI is InChI=1S/C11H20N2O3S/c1-17-5-4-9(11(15)16)13-10(14)8(12)6-7-2-3-7/h7-9H,2-6,12H2,1H3,(H,13,14)(H,15,16)/t8-,9?/m0/s1. The van der Waals surface area contributed by atoms with Crippen LogP contribution in [-0.4, -0.2) is 41.1 Å². The Balaban J connectivity index is 2.35. The van der Waals surface area contributed by atoms with E-state index in [-0.39, 0.29) is 5.91 Å². The Morgan fingerprint density at radius 2 is 2.18 bits per heavy atom. The topological polar surface area (TPSA) is 92.4 Å². The Kier molecular flexibility index (Phi) is 5.77. The minimum absolute atomic E-state index is 0.342. The first-order valence-electron chi connectivity index (χ1n) is 5.82. The van der Waals surface area contributed by atoms with Crippen LogP contribution in [0.2, 0.25) is 0 Å². The number of hydrogen-bond donors (Lipinski definition) is 3. The Hall–Kier alpha value is -0.750. The van der Waals surface area contributed by atoms with Crippen molar-refractivity contribution in [2.24, 2.45) is 11.7 Å². The van der Waals surface area contributed by atoms with Crippen molar-refractivity contribution in [1.29, 1.82) is 0 Å². The average Bonchev–Trinajstić information content (AvgIpc) is 3.07. The predicted molar refractivity (Wildman–Crippen MR) is 67.9 cm³/mol. The maximum atomic E-state index is 11.7. The van der Waals surface area contributed by atoms with Gasteiger partial charge in [-0.2, -0.15) is 11.8 Å². The van der Waals surface area contributed by atoms with Gasteiger partial charge in [-0.15, -0.1) is 0 Å². The highest BCUT2D eigenvalue weighted by Gasteiger charge is 2.29. The normalized spacial score (nSPS) is 18.5. The Bertz CT molecular complexity index is 282. The van der Waals surface area contributed by atoms with Crippen LogP contribution in [0.1, 0.15) is 25.7 Å². The molecule has 0 saturated heterocycles. The molecule has 0 heterocycles. The van der Waals surface area contributed by atoms with Gasteiger partial charge in [0.1, 0.15) is 6.04 Å². The monoisotopic (exact) mass is 260 g/mol. The van der Waals surface area contributed by atoms with Crippen LogP contribution in [0, 0.1) is 5.92 Å². The summed E-state index contributed by atoms with van der Waals surface area (Å²) in [4.78, 5) is 22.6. The van der Waals surface area contributed by atoms with Gasteiger partial charge in [0.25, 0.3) is 0 Å². The van der Waals surface area contributed by atoms with Crippen molar-refractivity contribution in [3.8, 4) is 0 Å². The Morgan fingerprint density at radius 1 is 1.53 bits per heavy atom. The van der Waals surface area contributed by atoms with E-state index in [1.807, 2.05) is 6.26 Å². The van der Waals surface area contributed by atoms with Gasteiger partial charge in [-0.25, -0.2) is 4.79 Å². The molecule has 1 aliphatic carbocycles. The second-order valence-electron chi connectivity index (χ2n) is 4.47. The fourth-order valence-corrected chi connectivity index (χ4v) is 2.06. The second-order valence-corrected chi connectivity index (χ2v) is 5.45. The van der Waals surface area contributed by atoms with E-state index < -0.39 is 18.1 Å². The van der Waals surface area contributed by atoms with Crippen LogP contribution < -0.4 is 11.1 Å². The van der Waals surface area contributed by atoms with Gasteiger partial charge < -0.3 is 16.2 Å². The zero-order valence-electron chi connectivity index (χ0n) is 10.0. The van der Waals surface area contributed by atoms with E-state index in [0.717, 1.165) is 12.8 Å². The highest BCUT2D eigenvalue weighted by Crippen LogP contribution is 2.33. The SMILES string of the molecule is CSCCC(NC(=O)[C@@H](N)CC1CC1)C(=O)O. The zero-order valence-corrected chi connectivity index (χ0v) is 10.8. The third-order valence-corrected chi connectivity index (χ3v) is 3.49. The number of rotatable bonds is 8. The van der Waals surface area contributed by atoms with E-state index in [1.165, 1.54) is 0 Å². The van der Waals surface area contributed by atoms with Crippen molar-refractivity contribution in [1.82, 2.24) is 5.32 Å². The molecule has 0 aromatic rings. The maximum absolute atomic E-state index is 11.7. The van der Waals surface area contributed by atoms with Gasteiger partial charge >= 0.3 is 5.97 Å². The third kappa shape index (κ3) is 5.41. The molecule has 1 saturated carbocycles. The van der Waals surface area contributed by atoms with Crippen LogP contribution in [0.3, 0.4) is 0 Å². The first kappa shape index (κ1) is 14.3. The van der Waals surface area contributed by atoms with Gasteiger partial charge in [0, 0.05) is 0 Å². The molecule has 1 aliphatic rings. The Morgan fingerprint density at radius 3 is 2.65 bits per heavy atom. The molecule has 0 spiro atoms. The Labute approximate surface area is 106 Å². The van der Waals surface area contributed by atoms with Crippen molar-refractivity contribution in [3.05, 3.63) is 0 Å². The summed E-state index contributed by atoms with van der Waals surface area (Å²) in [5.74, 6) is -0.0728. The number of nitrogens with one attached hydrogen (secondary N) is 1. The molecule has 5 nitrogen and oxygen atoms in total. The number of nitrogens with two attached hydrogens (primary N) is 1. The number of aliphatic carboxylic acids is 1. The highest BCUT2D eigenvalue weighted by atomic mass is 32.2. The number of carboxylic acid groups (broad SMARTS) is 1. The number of carbonyl (C=O) groups is 2. The molecular formula is C11H20N2O3S. The number of carbonyl (C=O) groups excluding carboxylic acids is 1. The summed E-state index contributed by atoms with van der Waals surface area (Å²) >= 11 is 1.56. The highest BCUT2D eigenvalue weighted by molar-refractivity contribution is 7.98. The van der Waals surface area contributed by atoms with E-state index >= 15 is 0 Å². The molecule has 4 N–H and O–H groups in total. The molecule has 0 aromatic carbocycles. The van der Waals surface area contributed by atoms with Gasteiger partial charge in [0.15, 0.2) is 0 Å². The van der Waals surface area contributed by atoms with Crippen LogP contribution in [0.5, 0.6) is 0 Å². The van der Waals surface area contributed by atoms with Gasteiger partial charge in [-0.1, -0.05) is 12.8 Å². The van der Waals surface area contributed by atoms with Crippen LogP contribution in [0.15, 0.2) is 0 Å². The molecule has 17 heavy (non-hydrogen) atoms. The number of carboxylic acids is 1. The van der Waals surface area contributed by atoms with E-state index in [1.54, 1.807) is 11.8 Å². The van der Waals surface area contributed by atoms with Crippen molar-refractivity contribution in [2.45, 2.75) is 37.8 Å². The molecule has 1 rings (SSSR count). The smallest absolute Gasteiger partial charge is 0.326 e. The van der Waals surface area contributed by atoms with Crippen molar-refractivity contribution in [3.63, 3.8) is 0 Å². The van der Waals surface area contributed by atoms with Crippen LogP contribution >= 0.6 is 11.8 Å². The maximum Gasteiger partial charge on any atom is 0.326 e. The quantitative estimate of drug-likeness (QED) is 0.589. The lowest BCUT2D eigenvalue weighted by molar-refractivity contribution is -0.142. The van der Waals surface area contributed by atoms with Crippen molar-refractivity contribution < 1.29 is 14.7 Å². The number of amides is 1. The molecule has 0 aliphatic heterocycles. The molecular weight excluding hydrogens is 240 g/mol. The lowest BCUT2D eigenvalue weighted by atomic mass is 10.1. The largest absolute Gasteiger partial charge is 0.480 e. The van der Waals surface area contributed by atoms with E-state index in [0.29, 0.717) is 24.5 Å². The molecule has 0 radical (unpaired) electrons. The zero-order chi connectivity index (χ0) is 12.8. The summed E-state index contributed by atoms with van der Waals surface area (Å²) in [5.41, 5.74) is 5.73. The summed E-state index contributed by atoms with van der Waals surface area (Å²) in [6, 6.07) is -1.39. The summed E-state index contributed by atoms with van der Waals surface area (Å²) in [6.07, 6.45) is 5.27. The van der Waals surface area contributed by atoms with Gasteiger partial charge in [-0.05, 0) is 30.8 Å². The molecule has 1 amide bonds. The van der Waals surface area contributed by atoms with E-state index in [9.17, 15) is 9.59 Å². The van der Waals surface area contributed by atoms with Crippen molar-refractivity contribution >= 4 is 23.6 Å². The minimum Gasteiger partial charge on any atom is -0.480 e. The lowest BCUT2D eigenvalue weighted by Gasteiger charge is -2.17. The fourth-order valence-electron chi connectivity index (χ4n) is 1.59. The second kappa shape index (κ2) is 6.86. The fraction of sp³-hybridized carbons (Fsp3) is 0.818. The van der Waals surface area contributed by atoms with Gasteiger partial charge in [-0.3, -0.25) is 4.79 Å². The third-order valence-electron chi connectivity index (χ3n) is 2.85. The lowest BCUT2D eigenvalue weighted by Crippen LogP contribution is -2.48. The summed E-state index contributed by atoms with van der Waals surface area (Å²) in [5, 5.41) is 11.5. The first-order chi connectivity index (χ1) is 8.04. The van der Waals surface area contributed by atoms with Crippen LogP contribution in [0.4, 0.5) is 0 Å². The molecule has 6 heteroatoms. The van der Waals surface area contributed by atoms with Crippen LogP contribution in [0.25, 0.3) is 0 Å². The summed E-state index contributed by atoms with van der Waals surface area (Å²) < 4.78 is 0. The first-order valence-corrected chi connectivity index (χ1v) is 7.21. The molecule has 0 aromatic heterocycles. The van der Waals surface area contributed by atoms with E-state index in [2.05, 4.69) is 5.32 Å². The van der Waals surface area contributed by atoms with E-state index in [4.69, 9.17) is 10.8 Å². The molecule has 98 valence electrons. The minimum atomic E-state index is -0.994. The van der Waals surface area contributed by atoms with Crippen molar-refractivity contribution in [2.75, 3.05) is 12.0 Å². The molecule has 1 unspecified atom stereocenters. The molecule has 2 atom stereocenters. The number of hydrogen-bond acceptors (Lipinski definition) is 4. The van der Waals surface area contributed by atoms with Gasteiger partial charge in [0.05, 0.1) is 6.04 Å². The predicted octanol–water partition coefficient (Wildman–Crippen LogP) is 0.436. The van der Waals surface area contributed by atoms with Gasteiger partial charge in [0.2, 0.25) is 5.91 Å². The number of thioether (sulfide) groups is 1. The van der Waals surface area contributed by atoms with Crippen LogP contribution in [-0.2, 0) is 9.59 Å². The summed E-state index contributed by atoms with van der Waals surface area (Å²) in [7, 11) is 0. The molecule has 1 fully saturated rings. The molecule has 0 bridgehead atoms. The average molecular weight is 260 g/mol.